The zero-order chi connectivity index (χ0) is 16.9. The second kappa shape index (κ2) is 7.25. The summed E-state index contributed by atoms with van der Waals surface area (Å²) in [7, 11) is 0. The Bertz CT molecular complexity index is 711. The van der Waals surface area contributed by atoms with Gasteiger partial charge in [0.05, 0.1) is 4.92 Å². The first-order chi connectivity index (χ1) is 11.6. The highest BCUT2D eigenvalue weighted by Gasteiger charge is 2.25. The monoisotopic (exact) mass is 327 g/mol. The van der Waals surface area contributed by atoms with Crippen LogP contribution in [-0.4, -0.2) is 20.9 Å². The molecule has 1 aliphatic carbocycles. The van der Waals surface area contributed by atoms with E-state index in [1.807, 2.05) is 31.2 Å². The van der Waals surface area contributed by atoms with Gasteiger partial charge in [0.1, 0.15) is 6.33 Å². The van der Waals surface area contributed by atoms with Crippen molar-refractivity contribution >= 4 is 23.0 Å². The molecule has 7 nitrogen and oxygen atoms in total. The minimum absolute atomic E-state index is 0.108. The largest absolute Gasteiger partial charge is 0.361 e. The number of hydrogen-bond acceptors (Lipinski definition) is 6. The van der Waals surface area contributed by atoms with E-state index in [0.29, 0.717) is 0 Å². The third kappa shape index (κ3) is 3.79. The van der Waals surface area contributed by atoms with E-state index in [1.54, 1.807) is 0 Å². The molecule has 126 valence electrons. The molecule has 2 N–H and O–H groups in total. The molecule has 0 bridgehead atoms. The van der Waals surface area contributed by atoms with Crippen LogP contribution in [0.3, 0.4) is 0 Å². The molecule has 1 saturated carbocycles. The number of aryl methyl sites for hydroxylation is 1. The highest BCUT2D eigenvalue weighted by atomic mass is 16.6. The number of aromatic nitrogens is 2. The van der Waals surface area contributed by atoms with E-state index >= 15 is 0 Å². The smallest absolute Gasteiger partial charge is 0.353 e. The molecule has 1 aromatic carbocycles. The van der Waals surface area contributed by atoms with Gasteiger partial charge in [0, 0.05) is 11.7 Å². The van der Waals surface area contributed by atoms with Crippen LogP contribution in [-0.2, 0) is 0 Å². The SMILES string of the molecule is Cc1ccc(Nc2ncnc(NC3CCCCC3)c2[N+](=O)[O-])cc1. The van der Waals surface area contributed by atoms with Crippen molar-refractivity contribution in [2.24, 2.45) is 0 Å². The summed E-state index contributed by atoms with van der Waals surface area (Å²) in [4.78, 5) is 19.3. The minimum atomic E-state index is -0.429. The normalized spacial score (nSPS) is 15.0. The van der Waals surface area contributed by atoms with Gasteiger partial charge >= 0.3 is 5.69 Å². The Hall–Kier alpha value is -2.70. The van der Waals surface area contributed by atoms with Gasteiger partial charge in [-0.25, -0.2) is 9.97 Å². The van der Waals surface area contributed by atoms with Crippen molar-refractivity contribution in [3.8, 4) is 0 Å². The van der Waals surface area contributed by atoms with Crippen molar-refractivity contribution in [1.29, 1.82) is 0 Å². The van der Waals surface area contributed by atoms with E-state index in [0.717, 1.165) is 36.9 Å². The Morgan fingerprint density at radius 1 is 1.08 bits per heavy atom. The predicted octanol–water partition coefficient (Wildman–Crippen LogP) is 4.18. The fraction of sp³-hybridized carbons (Fsp3) is 0.412. The number of anilines is 3. The van der Waals surface area contributed by atoms with Crippen LogP contribution < -0.4 is 10.6 Å². The third-order valence-electron chi connectivity index (χ3n) is 4.27. The lowest BCUT2D eigenvalue weighted by Crippen LogP contribution is -2.23. The fourth-order valence-corrected chi connectivity index (χ4v) is 2.96. The van der Waals surface area contributed by atoms with Crippen molar-refractivity contribution in [3.05, 3.63) is 46.3 Å². The van der Waals surface area contributed by atoms with E-state index in [2.05, 4.69) is 20.6 Å². The first-order valence-corrected chi connectivity index (χ1v) is 8.23. The van der Waals surface area contributed by atoms with E-state index in [4.69, 9.17) is 0 Å². The topological polar surface area (TPSA) is 93.0 Å². The van der Waals surface area contributed by atoms with Gasteiger partial charge in [0.15, 0.2) is 0 Å². The standard InChI is InChI=1S/C17H21N5O2/c1-12-7-9-14(10-8-12)21-17-15(22(23)24)16(18-11-19-17)20-13-5-3-2-4-6-13/h7-11,13H,2-6H2,1H3,(H2,18,19,20,21). The molecule has 1 aromatic heterocycles. The second-order valence-electron chi connectivity index (χ2n) is 6.15. The van der Waals surface area contributed by atoms with Gasteiger partial charge in [-0.15, -0.1) is 0 Å². The molecule has 0 radical (unpaired) electrons. The van der Waals surface area contributed by atoms with Gasteiger partial charge in [0.2, 0.25) is 11.6 Å². The van der Waals surface area contributed by atoms with E-state index in [1.165, 1.54) is 12.7 Å². The highest BCUT2D eigenvalue weighted by Crippen LogP contribution is 2.33. The summed E-state index contributed by atoms with van der Waals surface area (Å²) in [6.45, 7) is 1.99. The van der Waals surface area contributed by atoms with Crippen molar-refractivity contribution < 1.29 is 4.92 Å². The molecule has 24 heavy (non-hydrogen) atoms. The molecular formula is C17H21N5O2. The number of rotatable bonds is 5. The van der Waals surface area contributed by atoms with Crippen LogP contribution in [0.5, 0.6) is 0 Å². The van der Waals surface area contributed by atoms with E-state index in [-0.39, 0.29) is 23.4 Å². The van der Waals surface area contributed by atoms with Crippen molar-refractivity contribution in [2.45, 2.75) is 45.1 Å². The molecule has 1 fully saturated rings. The van der Waals surface area contributed by atoms with Gasteiger partial charge in [-0.1, -0.05) is 37.0 Å². The zero-order valence-electron chi connectivity index (χ0n) is 13.7. The number of nitrogens with zero attached hydrogens (tertiary/aromatic N) is 3. The van der Waals surface area contributed by atoms with Crippen molar-refractivity contribution in [1.82, 2.24) is 9.97 Å². The zero-order valence-corrected chi connectivity index (χ0v) is 13.7. The summed E-state index contributed by atoms with van der Waals surface area (Å²) in [5, 5.41) is 17.8. The molecule has 0 amide bonds. The minimum Gasteiger partial charge on any atom is -0.361 e. The Balaban J connectivity index is 1.86. The summed E-state index contributed by atoms with van der Waals surface area (Å²) in [6.07, 6.45) is 6.90. The van der Waals surface area contributed by atoms with Crippen LogP contribution in [0, 0.1) is 17.0 Å². The molecule has 0 atom stereocenters. The number of nitrogens with one attached hydrogen (secondary N) is 2. The van der Waals surface area contributed by atoms with Crippen LogP contribution in [0.4, 0.5) is 23.0 Å². The maximum absolute atomic E-state index is 11.6. The van der Waals surface area contributed by atoms with Gasteiger partial charge < -0.3 is 10.6 Å². The summed E-state index contributed by atoms with van der Waals surface area (Å²) in [5.74, 6) is 0.494. The molecule has 0 aliphatic heterocycles. The summed E-state index contributed by atoms with van der Waals surface area (Å²) in [6, 6.07) is 7.86. The predicted molar refractivity (Wildman–Crippen MR) is 93.6 cm³/mol. The quantitative estimate of drug-likeness (QED) is 0.632. The molecular weight excluding hydrogens is 306 g/mol. The molecule has 3 rings (SSSR count). The fourth-order valence-electron chi connectivity index (χ4n) is 2.96. The summed E-state index contributed by atoms with van der Waals surface area (Å²) in [5.41, 5.74) is 1.77. The van der Waals surface area contributed by atoms with Crippen LogP contribution in [0.2, 0.25) is 0 Å². The Kier molecular flexibility index (Phi) is 4.88. The molecule has 0 saturated heterocycles. The Morgan fingerprint density at radius 3 is 2.42 bits per heavy atom. The summed E-state index contributed by atoms with van der Waals surface area (Å²) < 4.78 is 0. The van der Waals surface area contributed by atoms with Gasteiger partial charge in [-0.05, 0) is 31.9 Å². The van der Waals surface area contributed by atoms with Gasteiger partial charge in [-0.3, -0.25) is 10.1 Å². The number of nitro groups is 1. The molecule has 2 aromatic rings. The molecule has 0 spiro atoms. The van der Waals surface area contributed by atoms with Crippen LogP contribution >= 0.6 is 0 Å². The molecule has 1 heterocycles. The van der Waals surface area contributed by atoms with Crippen LogP contribution in [0.1, 0.15) is 37.7 Å². The molecule has 0 unspecified atom stereocenters. The lowest BCUT2D eigenvalue weighted by molar-refractivity contribution is -0.383. The van der Waals surface area contributed by atoms with Gasteiger partial charge in [-0.2, -0.15) is 0 Å². The first kappa shape index (κ1) is 16.2. The Morgan fingerprint density at radius 2 is 1.75 bits per heavy atom. The van der Waals surface area contributed by atoms with Gasteiger partial charge in [0.25, 0.3) is 0 Å². The molecule has 1 aliphatic rings. The van der Waals surface area contributed by atoms with E-state index in [9.17, 15) is 10.1 Å². The maximum atomic E-state index is 11.6. The average molecular weight is 327 g/mol. The third-order valence-corrected chi connectivity index (χ3v) is 4.27. The van der Waals surface area contributed by atoms with Crippen LogP contribution in [0.25, 0.3) is 0 Å². The van der Waals surface area contributed by atoms with Crippen molar-refractivity contribution in [3.63, 3.8) is 0 Å². The second-order valence-corrected chi connectivity index (χ2v) is 6.15. The van der Waals surface area contributed by atoms with Crippen molar-refractivity contribution in [2.75, 3.05) is 10.6 Å². The maximum Gasteiger partial charge on any atom is 0.353 e. The lowest BCUT2D eigenvalue weighted by Gasteiger charge is -2.23. The average Bonchev–Trinajstić information content (AvgIpc) is 2.58. The number of benzene rings is 1. The summed E-state index contributed by atoms with van der Waals surface area (Å²) >= 11 is 0. The number of hydrogen-bond donors (Lipinski definition) is 2. The molecule has 7 heteroatoms. The first-order valence-electron chi connectivity index (χ1n) is 8.23. The Labute approximate surface area is 140 Å². The van der Waals surface area contributed by atoms with Crippen LogP contribution in [0.15, 0.2) is 30.6 Å². The lowest BCUT2D eigenvalue weighted by atomic mass is 9.95. The highest BCUT2D eigenvalue weighted by molar-refractivity contribution is 5.73. The van der Waals surface area contributed by atoms with E-state index < -0.39 is 4.92 Å².